The number of aromatic carboxylic acids is 2. The third-order valence-corrected chi connectivity index (χ3v) is 5.30. The van der Waals surface area contributed by atoms with Crippen LogP contribution in [0, 0.1) is 26.8 Å². The predicted octanol–water partition coefficient (Wildman–Crippen LogP) is 8.25. The largest absolute Gasteiger partial charge is 1.00 e. The SMILES string of the molecule is C.CC.CC.CC.CC.COC(=O)c1ccccc1C.Cc1ccccc1C(=O)O.Cc1ccccc1CO.O=C(O)c1[c-]cccc1.[H-].[HH].[K+].[Y]. The van der Waals surface area contributed by atoms with Gasteiger partial charge in [0, 0.05) is 34.1 Å². The van der Waals surface area contributed by atoms with Crippen molar-refractivity contribution in [3.63, 3.8) is 0 Å². The number of aryl methyl sites for hydroxylation is 3. The molecule has 9 heteroatoms. The van der Waals surface area contributed by atoms with Gasteiger partial charge < -0.3 is 26.3 Å². The van der Waals surface area contributed by atoms with E-state index in [1.54, 1.807) is 49.4 Å². The second kappa shape index (κ2) is 45.0. The van der Waals surface area contributed by atoms with Crippen LogP contribution in [0.25, 0.3) is 0 Å². The van der Waals surface area contributed by atoms with E-state index in [9.17, 15) is 14.4 Å². The first-order valence-corrected chi connectivity index (χ1v) is 15.9. The zero-order chi connectivity index (χ0) is 37.2. The van der Waals surface area contributed by atoms with Gasteiger partial charge in [-0.1, -0.05) is 129 Å². The average molecular weight is 797 g/mol. The topological polar surface area (TPSA) is 121 Å². The van der Waals surface area contributed by atoms with Crippen LogP contribution in [0.5, 0.6) is 0 Å². The molecule has 0 saturated carbocycles. The Morgan fingerprint density at radius 2 is 1.02 bits per heavy atom. The molecule has 0 heterocycles. The third kappa shape index (κ3) is 30.8. The van der Waals surface area contributed by atoms with Gasteiger partial charge in [-0.25, -0.2) is 9.59 Å². The molecule has 0 bridgehead atoms. The van der Waals surface area contributed by atoms with Crippen molar-refractivity contribution >= 4 is 17.9 Å². The first kappa shape index (κ1) is 63.1. The smallest absolute Gasteiger partial charge is 1.00 e. The van der Waals surface area contributed by atoms with Gasteiger partial charge in [0.25, 0.3) is 0 Å². The number of hydrogen-bond acceptors (Lipinski definition) is 5. The summed E-state index contributed by atoms with van der Waals surface area (Å²) in [5, 5.41) is 25.6. The number of esters is 1. The number of hydrogen-bond donors (Lipinski definition) is 3. The number of aliphatic hydroxyl groups excluding tert-OH is 1. The summed E-state index contributed by atoms with van der Waals surface area (Å²) in [4.78, 5) is 31.6. The fourth-order valence-electron chi connectivity index (χ4n) is 3.04. The molecule has 7 nitrogen and oxygen atoms in total. The molecule has 0 aromatic heterocycles. The molecule has 1 radical (unpaired) electrons. The van der Waals surface area contributed by atoms with Crippen molar-refractivity contribution in [1.82, 2.24) is 0 Å². The summed E-state index contributed by atoms with van der Waals surface area (Å²) < 4.78 is 4.58. The van der Waals surface area contributed by atoms with Crippen LogP contribution in [0.1, 0.15) is 119 Å². The molecule has 0 aliphatic carbocycles. The number of carbonyl (C=O) groups is 3. The predicted molar refractivity (Wildman–Crippen MR) is 205 cm³/mol. The molecule has 4 aromatic rings. The first-order chi connectivity index (χ1) is 22.6. The maximum atomic E-state index is 11.0. The fraction of sp³-hybridized carbons (Fsp3) is 0.341. The van der Waals surface area contributed by atoms with E-state index in [1.165, 1.54) is 13.2 Å². The molecule has 275 valence electrons. The van der Waals surface area contributed by atoms with Crippen LogP contribution in [0.2, 0.25) is 0 Å². The van der Waals surface area contributed by atoms with Gasteiger partial charge in [0.2, 0.25) is 5.97 Å². The quantitative estimate of drug-likeness (QED) is 0.108. The van der Waals surface area contributed by atoms with Crippen molar-refractivity contribution < 1.29 is 121 Å². The Bertz CT molecular complexity index is 1360. The molecule has 0 aliphatic heterocycles. The normalized spacial score (nSPS) is 7.70. The Kier molecular flexibility index (Phi) is 56.8. The molecule has 0 fully saturated rings. The molecular formula is C41H64KO7Y-. The van der Waals surface area contributed by atoms with Gasteiger partial charge in [0.05, 0.1) is 24.8 Å². The number of aliphatic hydroxyl groups is 1. The van der Waals surface area contributed by atoms with E-state index in [4.69, 9.17) is 15.3 Å². The number of ether oxygens (including phenoxy) is 1. The molecule has 0 unspecified atom stereocenters. The molecule has 0 aliphatic rings. The van der Waals surface area contributed by atoms with Crippen LogP contribution < -0.4 is 51.4 Å². The van der Waals surface area contributed by atoms with Gasteiger partial charge in [0.1, 0.15) is 0 Å². The Morgan fingerprint density at radius 1 is 0.640 bits per heavy atom. The van der Waals surface area contributed by atoms with Crippen molar-refractivity contribution in [1.29, 1.82) is 0 Å². The zero-order valence-electron chi connectivity index (χ0n) is 33.0. The van der Waals surface area contributed by atoms with Crippen molar-refractivity contribution in [3.8, 4) is 0 Å². The Labute approximate surface area is 374 Å². The molecule has 0 atom stereocenters. The Hall–Kier alpha value is -2.01. The van der Waals surface area contributed by atoms with Crippen molar-refractivity contribution in [3.05, 3.63) is 142 Å². The summed E-state index contributed by atoms with van der Waals surface area (Å²) in [7, 11) is 1.38. The van der Waals surface area contributed by atoms with Gasteiger partial charge in [-0.3, -0.25) is 0 Å². The zero-order valence-corrected chi connectivity index (χ0v) is 38.0. The van der Waals surface area contributed by atoms with Crippen LogP contribution in [-0.2, 0) is 44.1 Å². The minimum atomic E-state index is -0.935. The van der Waals surface area contributed by atoms with Crippen LogP contribution in [0.15, 0.2) is 97.1 Å². The van der Waals surface area contributed by atoms with E-state index >= 15 is 0 Å². The molecular weight excluding hydrogens is 732 g/mol. The number of methoxy groups -OCH3 is 1. The maximum absolute atomic E-state index is 11.0. The number of carboxylic acid groups (broad SMARTS) is 2. The van der Waals surface area contributed by atoms with E-state index < -0.39 is 11.9 Å². The van der Waals surface area contributed by atoms with E-state index in [2.05, 4.69) is 10.8 Å². The van der Waals surface area contributed by atoms with Gasteiger partial charge >= 0.3 is 63.3 Å². The van der Waals surface area contributed by atoms with Crippen molar-refractivity contribution in [2.75, 3.05) is 7.11 Å². The minimum absolute atomic E-state index is 0. The standard InChI is InChI=1S/C9H10O2.C8H8O2.C8H10O.C7H5O2.4C2H6.CH4.K.Y.H2.H/c1-7-5-3-4-6-8(7)9(10)11-2;1-6-4-2-3-5-7(6)8(9)10;1-7-4-2-3-5-8(7)6-9;8-7(9)6-4-2-1-3-5-6;4*1-2;;;;;/h3-6H,1-2H3;2-5H,1H3,(H,9,10);2-5,9H,6H2,1H3;1-4H,(H,8,9);4*1-2H3;1H4;;;1H;/q;;;-1;;;;;;+1;;;-1. The summed E-state index contributed by atoms with van der Waals surface area (Å²) in [5.74, 6) is -2.07. The molecule has 3 N–H and O–H groups in total. The fourth-order valence-corrected chi connectivity index (χ4v) is 3.04. The molecule has 50 heavy (non-hydrogen) atoms. The van der Waals surface area contributed by atoms with Gasteiger partial charge in [-0.05, 0) is 55.2 Å². The van der Waals surface area contributed by atoms with E-state index in [1.807, 2.05) is 118 Å². The summed E-state index contributed by atoms with van der Waals surface area (Å²) in [6, 6.07) is 31.1. The Balaban J connectivity index is -0.0000000617. The number of rotatable bonds is 4. The van der Waals surface area contributed by atoms with Crippen LogP contribution in [-0.4, -0.2) is 40.3 Å². The Morgan fingerprint density at radius 3 is 1.28 bits per heavy atom. The molecule has 0 saturated heterocycles. The minimum Gasteiger partial charge on any atom is -1.00 e. The number of benzene rings is 4. The molecule has 0 spiro atoms. The van der Waals surface area contributed by atoms with Gasteiger partial charge in [-0.15, -0.1) is 30.3 Å². The molecule has 4 rings (SSSR count). The monoisotopic (exact) mass is 796 g/mol. The van der Waals surface area contributed by atoms with Crippen molar-refractivity contribution in [2.24, 2.45) is 0 Å². The van der Waals surface area contributed by atoms with E-state index in [0.29, 0.717) is 11.1 Å². The van der Waals surface area contributed by atoms with Crippen LogP contribution >= 0.6 is 0 Å². The number of carbonyl (C=O) groups excluding carboxylic acids is 1. The second-order valence-corrected chi connectivity index (χ2v) is 8.09. The summed E-state index contributed by atoms with van der Waals surface area (Å²) in [6.45, 7) is 21.8. The molecule has 0 amide bonds. The average Bonchev–Trinajstić information content (AvgIpc) is 3.13. The van der Waals surface area contributed by atoms with E-state index in [-0.39, 0.29) is 113 Å². The van der Waals surface area contributed by atoms with Gasteiger partial charge in [0.15, 0.2) is 0 Å². The maximum Gasteiger partial charge on any atom is 1.00 e. The first-order valence-electron chi connectivity index (χ1n) is 15.9. The van der Waals surface area contributed by atoms with Gasteiger partial charge in [-0.2, -0.15) is 0 Å². The van der Waals surface area contributed by atoms with E-state index in [0.717, 1.165) is 22.3 Å². The second-order valence-electron chi connectivity index (χ2n) is 8.09. The summed E-state index contributed by atoms with van der Waals surface area (Å²) >= 11 is 0. The number of carboxylic acids is 2. The summed E-state index contributed by atoms with van der Waals surface area (Å²) in [6.07, 6.45) is 0. The van der Waals surface area contributed by atoms with Crippen LogP contribution in [0.4, 0.5) is 0 Å². The summed E-state index contributed by atoms with van der Waals surface area (Å²) in [5.41, 5.74) is 5.13. The van der Waals surface area contributed by atoms with Crippen molar-refractivity contribution in [2.45, 2.75) is 90.2 Å². The van der Waals surface area contributed by atoms with Crippen LogP contribution in [0.3, 0.4) is 0 Å². The third-order valence-electron chi connectivity index (χ3n) is 5.30. The molecule has 4 aromatic carbocycles.